The second-order valence-corrected chi connectivity index (χ2v) is 8.74. The number of Topliss-reactive ketones (excluding diaryl/α,β-unsaturated/α-hetero) is 1. The highest BCUT2D eigenvalue weighted by Crippen LogP contribution is 2.16. The minimum atomic E-state index is -0.633. The fourth-order valence-electron chi connectivity index (χ4n) is 2.59. The van der Waals surface area contributed by atoms with Crippen LogP contribution in [-0.4, -0.2) is 29.0 Å². The number of aryl methyl sites for hydroxylation is 4. The van der Waals surface area contributed by atoms with Crippen molar-refractivity contribution in [3.8, 4) is 0 Å². The van der Waals surface area contributed by atoms with Gasteiger partial charge < -0.3 is 10.1 Å². The van der Waals surface area contributed by atoms with Crippen molar-refractivity contribution in [1.82, 2.24) is 10.3 Å². The van der Waals surface area contributed by atoms with E-state index >= 15 is 0 Å². The fraction of sp³-hybridized carbons (Fsp3) is 0.476. The largest absolute Gasteiger partial charge is 0.444 e. The van der Waals surface area contributed by atoms with Crippen LogP contribution in [0.1, 0.15) is 49.0 Å². The van der Waals surface area contributed by atoms with Crippen LogP contribution in [0.2, 0.25) is 0 Å². The Hall–Kier alpha value is -2.28. The van der Waals surface area contributed by atoms with Gasteiger partial charge in [0, 0.05) is 11.8 Å². The molecule has 1 heterocycles. The number of alkyl carbamates (subject to hydrolysis) is 1. The van der Waals surface area contributed by atoms with E-state index in [4.69, 9.17) is 4.74 Å². The lowest BCUT2D eigenvalue weighted by atomic mass is 10.0. The summed E-state index contributed by atoms with van der Waals surface area (Å²) in [7, 11) is 0. The first kappa shape index (κ1) is 22.0. The molecule has 2 rings (SSSR count). The zero-order valence-corrected chi connectivity index (χ0v) is 17.6. The van der Waals surface area contributed by atoms with Crippen molar-refractivity contribution in [2.75, 3.05) is 6.54 Å². The van der Waals surface area contributed by atoms with Crippen molar-refractivity contribution in [1.29, 1.82) is 0 Å². The number of nitrogens with one attached hydrogen (secondary N) is 1. The van der Waals surface area contributed by atoms with E-state index < -0.39 is 11.7 Å². The van der Waals surface area contributed by atoms with Crippen molar-refractivity contribution in [2.24, 2.45) is 0 Å². The second kappa shape index (κ2) is 9.78. The molecule has 0 aliphatic carbocycles. The molecule has 1 N–H and O–H groups in total. The predicted molar refractivity (Wildman–Crippen MR) is 108 cm³/mol. The standard InChI is InChI=1S/C21H27FN2O3S/c1-14-24-17(13-28-14)9-6-15-5-7-16(19(22)11-15)8-10-18(25)12-23-20(26)27-21(2,3)4/h5,7,11,13H,6,8-10,12H2,1-4H3,(H,23,26). The number of carbonyl (C=O) groups is 2. The van der Waals surface area contributed by atoms with E-state index in [0.29, 0.717) is 12.0 Å². The molecule has 7 heteroatoms. The smallest absolute Gasteiger partial charge is 0.408 e. The third kappa shape index (κ3) is 7.76. The highest BCUT2D eigenvalue weighted by Gasteiger charge is 2.16. The van der Waals surface area contributed by atoms with Crippen LogP contribution in [0.15, 0.2) is 23.6 Å². The lowest BCUT2D eigenvalue weighted by Gasteiger charge is -2.19. The average Bonchev–Trinajstić information content (AvgIpc) is 3.01. The van der Waals surface area contributed by atoms with Crippen molar-refractivity contribution < 1.29 is 18.7 Å². The van der Waals surface area contributed by atoms with Gasteiger partial charge in [0.05, 0.1) is 17.2 Å². The molecule has 0 aliphatic rings. The van der Waals surface area contributed by atoms with Gasteiger partial charge in [0.1, 0.15) is 11.4 Å². The van der Waals surface area contributed by atoms with Crippen LogP contribution in [0.25, 0.3) is 0 Å². The van der Waals surface area contributed by atoms with E-state index in [9.17, 15) is 14.0 Å². The molecule has 152 valence electrons. The Morgan fingerprint density at radius 3 is 2.57 bits per heavy atom. The molecule has 0 fully saturated rings. The Morgan fingerprint density at radius 2 is 1.96 bits per heavy atom. The molecule has 28 heavy (non-hydrogen) atoms. The minimum Gasteiger partial charge on any atom is -0.444 e. The Balaban J connectivity index is 1.77. The number of carbonyl (C=O) groups excluding carboxylic acids is 2. The summed E-state index contributed by atoms with van der Waals surface area (Å²) in [4.78, 5) is 27.9. The highest BCUT2D eigenvalue weighted by atomic mass is 32.1. The molecule has 0 bridgehead atoms. The van der Waals surface area contributed by atoms with Crippen LogP contribution < -0.4 is 5.32 Å². The third-order valence-electron chi connectivity index (χ3n) is 3.96. The van der Waals surface area contributed by atoms with Crippen LogP contribution in [0.5, 0.6) is 0 Å². The molecule has 0 spiro atoms. The van der Waals surface area contributed by atoms with Gasteiger partial charge in [0.15, 0.2) is 5.78 Å². The highest BCUT2D eigenvalue weighted by molar-refractivity contribution is 7.09. The Morgan fingerprint density at radius 1 is 1.21 bits per heavy atom. The summed E-state index contributed by atoms with van der Waals surface area (Å²) in [6, 6.07) is 5.14. The maximum atomic E-state index is 14.3. The molecular weight excluding hydrogens is 379 g/mol. The van der Waals surface area contributed by atoms with Gasteiger partial charge in [0.25, 0.3) is 0 Å². The van der Waals surface area contributed by atoms with Gasteiger partial charge in [-0.3, -0.25) is 4.79 Å². The number of ether oxygens (including phenoxy) is 1. The molecule has 1 amide bonds. The number of thiazole rings is 1. The SMILES string of the molecule is Cc1nc(CCc2ccc(CCC(=O)CNC(=O)OC(C)(C)C)c(F)c2)cs1. The van der Waals surface area contributed by atoms with Crippen LogP contribution >= 0.6 is 11.3 Å². The topological polar surface area (TPSA) is 68.3 Å². The first-order chi connectivity index (χ1) is 13.1. The van der Waals surface area contributed by atoms with E-state index in [-0.39, 0.29) is 24.6 Å². The summed E-state index contributed by atoms with van der Waals surface area (Å²) < 4.78 is 19.4. The summed E-state index contributed by atoms with van der Waals surface area (Å²) in [5, 5.41) is 5.48. The summed E-state index contributed by atoms with van der Waals surface area (Å²) >= 11 is 1.61. The van der Waals surface area contributed by atoms with Gasteiger partial charge in [-0.1, -0.05) is 12.1 Å². The maximum Gasteiger partial charge on any atom is 0.408 e. The molecule has 1 aromatic heterocycles. The first-order valence-electron chi connectivity index (χ1n) is 9.29. The van der Waals surface area contributed by atoms with E-state index in [1.165, 1.54) is 6.07 Å². The molecule has 0 radical (unpaired) electrons. The quantitative estimate of drug-likeness (QED) is 0.705. The van der Waals surface area contributed by atoms with E-state index in [2.05, 4.69) is 10.3 Å². The molecular formula is C21H27FN2O3S. The number of hydrogen-bond donors (Lipinski definition) is 1. The number of amides is 1. The predicted octanol–water partition coefficient (Wildman–Crippen LogP) is 4.40. The van der Waals surface area contributed by atoms with Gasteiger partial charge in [-0.25, -0.2) is 14.2 Å². The molecule has 0 saturated heterocycles. The monoisotopic (exact) mass is 406 g/mol. The number of nitrogens with zero attached hydrogens (tertiary/aromatic N) is 1. The number of ketones is 1. The number of halogens is 1. The van der Waals surface area contributed by atoms with Gasteiger partial charge in [-0.2, -0.15) is 0 Å². The van der Waals surface area contributed by atoms with E-state index in [0.717, 1.165) is 29.1 Å². The lowest BCUT2D eigenvalue weighted by Crippen LogP contribution is -2.35. The van der Waals surface area contributed by atoms with Crippen LogP contribution in [0.4, 0.5) is 9.18 Å². The van der Waals surface area contributed by atoms with Crippen molar-refractivity contribution in [3.05, 3.63) is 51.2 Å². The average molecular weight is 407 g/mol. The minimum absolute atomic E-state index is 0.123. The lowest BCUT2D eigenvalue weighted by molar-refractivity contribution is -0.118. The number of rotatable bonds is 8. The zero-order chi connectivity index (χ0) is 20.7. The number of aromatic nitrogens is 1. The summed E-state index contributed by atoms with van der Waals surface area (Å²) in [6.45, 7) is 7.09. The summed E-state index contributed by atoms with van der Waals surface area (Å²) in [6.07, 6.45) is 1.32. The van der Waals surface area contributed by atoms with Crippen molar-refractivity contribution in [3.63, 3.8) is 0 Å². The molecule has 0 unspecified atom stereocenters. The van der Waals surface area contributed by atoms with E-state index in [1.807, 2.05) is 18.4 Å². The van der Waals surface area contributed by atoms with Gasteiger partial charge in [0.2, 0.25) is 0 Å². The van der Waals surface area contributed by atoms with Crippen LogP contribution in [-0.2, 0) is 28.8 Å². The van der Waals surface area contributed by atoms with Gasteiger partial charge in [-0.05, 0) is 64.2 Å². The fourth-order valence-corrected chi connectivity index (χ4v) is 3.24. The van der Waals surface area contributed by atoms with Crippen LogP contribution in [0, 0.1) is 12.7 Å². The summed E-state index contributed by atoms with van der Waals surface area (Å²) in [5.74, 6) is -0.479. The third-order valence-corrected chi connectivity index (χ3v) is 4.78. The van der Waals surface area contributed by atoms with Crippen molar-refractivity contribution >= 4 is 23.2 Å². The van der Waals surface area contributed by atoms with Gasteiger partial charge >= 0.3 is 6.09 Å². The normalized spacial score (nSPS) is 11.3. The molecule has 0 atom stereocenters. The van der Waals surface area contributed by atoms with E-state index in [1.54, 1.807) is 38.2 Å². The Labute approximate surface area is 169 Å². The molecule has 0 aliphatic heterocycles. The first-order valence-corrected chi connectivity index (χ1v) is 10.2. The molecule has 1 aromatic carbocycles. The van der Waals surface area contributed by atoms with Crippen LogP contribution in [0.3, 0.4) is 0 Å². The number of hydrogen-bond acceptors (Lipinski definition) is 5. The maximum absolute atomic E-state index is 14.3. The molecule has 2 aromatic rings. The van der Waals surface area contributed by atoms with Crippen molar-refractivity contribution in [2.45, 2.75) is 59.0 Å². The molecule has 5 nitrogen and oxygen atoms in total. The number of benzene rings is 1. The Kier molecular flexibility index (Phi) is 7.69. The van der Waals surface area contributed by atoms with Gasteiger partial charge in [-0.15, -0.1) is 11.3 Å². The second-order valence-electron chi connectivity index (χ2n) is 7.68. The molecule has 0 saturated carbocycles. The summed E-state index contributed by atoms with van der Waals surface area (Å²) in [5.41, 5.74) is 1.81. The zero-order valence-electron chi connectivity index (χ0n) is 16.8. The Bertz CT molecular complexity index is 827.